The Bertz CT molecular complexity index is 269. The van der Waals surface area contributed by atoms with E-state index in [-0.39, 0.29) is 11.8 Å². The van der Waals surface area contributed by atoms with Crippen LogP contribution >= 0.6 is 0 Å². The molecule has 0 radical (unpaired) electrons. The molecule has 2 saturated carbocycles. The van der Waals surface area contributed by atoms with Gasteiger partial charge in [0.2, 0.25) is 5.91 Å². The molecule has 2 rings (SSSR count). The molecule has 1 amide bonds. The summed E-state index contributed by atoms with van der Waals surface area (Å²) in [6.07, 6.45) is 6.09. The number of rotatable bonds is 1. The maximum absolute atomic E-state index is 11.1. The molecule has 2 nitrogen and oxygen atoms in total. The molecule has 2 heteroatoms. The zero-order valence-corrected chi connectivity index (χ0v) is 10.2. The zero-order valence-electron chi connectivity index (χ0n) is 10.2. The molecule has 1 unspecified atom stereocenters. The predicted octanol–water partition coefficient (Wildman–Crippen LogP) is 2.71. The van der Waals surface area contributed by atoms with Crippen molar-refractivity contribution in [3.8, 4) is 0 Å². The first-order valence-corrected chi connectivity index (χ1v) is 6.14. The Labute approximate surface area is 92.6 Å². The summed E-state index contributed by atoms with van der Waals surface area (Å²) in [5.41, 5.74) is 6.15. The van der Waals surface area contributed by atoms with Gasteiger partial charge in [0.15, 0.2) is 0 Å². The van der Waals surface area contributed by atoms with E-state index in [1.54, 1.807) is 0 Å². The van der Waals surface area contributed by atoms with Crippen LogP contribution in [-0.4, -0.2) is 5.91 Å². The minimum Gasteiger partial charge on any atom is -0.369 e. The number of hydrogen-bond donors (Lipinski definition) is 1. The maximum atomic E-state index is 11.1. The van der Waals surface area contributed by atoms with E-state index < -0.39 is 0 Å². The highest BCUT2D eigenvalue weighted by atomic mass is 16.1. The van der Waals surface area contributed by atoms with Crippen molar-refractivity contribution in [2.45, 2.75) is 52.9 Å². The van der Waals surface area contributed by atoms with Gasteiger partial charge in [-0.3, -0.25) is 4.79 Å². The molecule has 0 bridgehead atoms. The average molecular weight is 209 g/mol. The monoisotopic (exact) mass is 209 g/mol. The van der Waals surface area contributed by atoms with Crippen molar-refractivity contribution in [2.75, 3.05) is 0 Å². The molecular formula is C13H23NO. The van der Waals surface area contributed by atoms with Crippen molar-refractivity contribution in [3.05, 3.63) is 0 Å². The van der Waals surface area contributed by atoms with Gasteiger partial charge in [0, 0.05) is 5.92 Å². The van der Waals surface area contributed by atoms with E-state index in [1.807, 2.05) is 0 Å². The van der Waals surface area contributed by atoms with Crippen LogP contribution in [0.25, 0.3) is 0 Å². The minimum atomic E-state index is -0.0655. The Morgan fingerprint density at radius 1 is 1.27 bits per heavy atom. The second-order valence-corrected chi connectivity index (χ2v) is 6.66. The van der Waals surface area contributed by atoms with E-state index in [1.165, 1.54) is 25.7 Å². The molecule has 2 N–H and O–H groups in total. The highest BCUT2D eigenvalue weighted by molar-refractivity contribution is 5.80. The van der Waals surface area contributed by atoms with Gasteiger partial charge in [-0.2, -0.15) is 0 Å². The van der Waals surface area contributed by atoms with Gasteiger partial charge in [0.05, 0.1) is 0 Å². The van der Waals surface area contributed by atoms with Crippen LogP contribution in [0.1, 0.15) is 52.9 Å². The van der Waals surface area contributed by atoms with E-state index >= 15 is 0 Å². The lowest BCUT2D eigenvalue weighted by Gasteiger charge is -2.37. The highest BCUT2D eigenvalue weighted by Crippen LogP contribution is 2.63. The first-order chi connectivity index (χ1) is 6.85. The Balaban J connectivity index is 1.92. The van der Waals surface area contributed by atoms with E-state index in [2.05, 4.69) is 20.8 Å². The van der Waals surface area contributed by atoms with Gasteiger partial charge in [-0.1, -0.05) is 20.8 Å². The van der Waals surface area contributed by atoms with Gasteiger partial charge < -0.3 is 5.73 Å². The Morgan fingerprint density at radius 3 is 2.13 bits per heavy atom. The van der Waals surface area contributed by atoms with Gasteiger partial charge in [-0.25, -0.2) is 0 Å². The normalized spacial score (nSPS) is 40.5. The molecule has 0 heterocycles. The summed E-state index contributed by atoms with van der Waals surface area (Å²) < 4.78 is 0. The second kappa shape index (κ2) is 3.23. The summed E-state index contributed by atoms with van der Waals surface area (Å²) in [6, 6.07) is 0. The molecule has 15 heavy (non-hydrogen) atoms. The van der Waals surface area contributed by atoms with Crippen LogP contribution in [0.2, 0.25) is 0 Å². The second-order valence-electron chi connectivity index (χ2n) is 6.66. The number of nitrogens with two attached hydrogens (primary N) is 1. The highest BCUT2D eigenvalue weighted by Gasteiger charge is 2.58. The Kier molecular flexibility index (Phi) is 2.36. The third-order valence-electron chi connectivity index (χ3n) is 4.74. The van der Waals surface area contributed by atoms with Crippen LogP contribution in [0.3, 0.4) is 0 Å². The smallest absolute Gasteiger partial charge is 0.221 e. The minimum absolute atomic E-state index is 0.0655. The van der Waals surface area contributed by atoms with Crippen molar-refractivity contribution in [1.29, 1.82) is 0 Å². The molecule has 0 aromatic carbocycles. The first kappa shape index (κ1) is 11.0. The summed E-state index contributed by atoms with van der Waals surface area (Å²) in [5, 5.41) is 0. The molecule has 2 fully saturated rings. The topological polar surface area (TPSA) is 43.1 Å². The van der Waals surface area contributed by atoms with Crippen LogP contribution < -0.4 is 5.73 Å². The summed E-state index contributed by atoms with van der Waals surface area (Å²) in [7, 11) is 0. The third-order valence-corrected chi connectivity index (χ3v) is 4.74. The standard InChI is InChI=1S/C13H23NO/c1-12(2,3)9-4-6-13(7-5-9)8-10(13)11(14)15/h9-10H,4-8H2,1-3H3,(H2,14,15). The molecule has 86 valence electrons. The number of hydrogen-bond acceptors (Lipinski definition) is 1. The van der Waals surface area contributed by atoms with Gasteiger partial charge in [-0.05, 0) is 48.9 Å². The molecule has 1 spiro atoms. The molecular weight excluding hydrogens is 186 g/mol. The van der Waals surface area contributed by atoms with E-state index in [0.717, 1.165) is 12.3 Å². The van der Waals surface area contributed by atoms with Crippen LogP contribution in [-0.2, 0) is 4.79 Å². The molecule has 0 aliphatic heterocycles. The molecule has 0 aromatic rings. The van der Waals surface area contributed by atoms with Crippen molar-refractivity contribution in [1.82, 2.24) is 0 Å². The van der Waals surface area contributed by atoms with Crippen molar-refractivity contribution in [3.63, 3.8) is 0 Å². The largest absolute Gasteiger partial charge is 0.369 e. The van der Waals surface area contributed by atoms with Gasteiger partial charge >= 0.3 is 0 Å². The van der Waals surface area contributed by atoms with Gasteiger partial charge in [0.1, 0.15) is 0 Å². The lowest BCUT2D eigenvalue weighted by atomic mass is 9.68. The Morgan fingerprint density at radius 2 is 1.80 bits per heavy atom. The van der Waals surface area contributed by atoms with Crippen LogP contribution in [0.5, 0.6) is 0 Å². The number of amides is 1. The van der Waals surface area contributed by atoms with E-state index in [4.69, 9.17) is 5.73 Å². The Hall–Kier alpha value is -0.530. The van der Waals surface area contributed by atoms with E-state index in [9.17, 15) is 4.79 Å². The van der Waals surface area contributed by atoms with Crippen molar-refractivity contribution in [2.24, 2.45) is 28.4 Å². The fourth-order valence-corrected chi connectivity index (χ4v) is 3.36. The first-order valence-electron chi connectivity index (χ1n) is 6.14. The number of carbonyl (C=O) groups excluding carboxylic acids is 1. The summed E-state index contributed by atoms with van der Waals surface area (Å²) in [4.78, 5) is 11.1. The van der Waals surface area contributed by atoms with Gasteiger partial charge in [-0.15, -0.1) is 0 Å². The fraction of sp³-hybridized carbons (Fsp3) is 0.923. The molecule has 0 aromatic heterocycles. The summed E-state index contributed by atoms with van der Waals surface area (Å²) >= 11 is 0. The van der Waals surface area contributed by atoms with E-state index in [0.29, 0.717) is 10.8 Å². The lowest BCUT2D eigenvalue weighted by Crippen LogP contribution is -2.28. The molecule has 2 aliphatic rings. The molecule has 2 aliphatic carbocycles. The summed E-state index contributed by atoms with van der Waals surface area (Å²) in [5.74, 6) is 0.972. The SMILES string of the molecule is CC(C)(C)C1CCC2(CC1)CC2C(N)=O. The van der Waals surface area contributed by atoms with Crippen molar-refractivity contribution >= 4 is 5.91 Å². The van der Waals surface area contributed by atoms with Gasteiger partial charge in [0.25, 0.3) is 0 Å². The summed E-state index contributed by atoms with van der Waals surface area (Å²) in [6.45, 7) is 6.98. The van der Waals surface area contributed by atoms with Crippen LogP contribution in [0, 0.1) is 22.7 Å². The predicted molar refractivity (Wildman–Crippen MR) is 61.1 cm³/mol. The zero-order chi connectivity index (χ0) is 11.3. The molecule has 1 atom stereocenters. The third kappa shape index (κ3) is 1.91. The number of primary amides is 1. The maximum Gasteiger partial charge on any atom is 0.221 e. The lowest BCUT2D eigenvalue weighted by molar-refractivity contribution is -0.120. The quantitative estimate of drug-likeness (QED) is 0.709. The van der Waals surface area contributed by atoms with Crippen LogP contribution in [0.4, 0.5) is 0 Å². The fourth-order valence-electron chi connectivity index (χ4n) is 3.36. The molecule has 0 saturated heterocycles. The average Bonchev–Trinajstić information content (AvgIpc) is 2.79. The van der Waals surface area contributed by atoms with Crippen LogP contribution in [0.15, 0.2) is 0 Å². The number of carbonyl (C=O) groups is 1. The van der Waals surface area contributed by atoms with Crippen molar-refractivity contribution < 1.29 is 4.79 Å².